The van der Waals surface area contributed by atoms with Crippen LogP contribution in [0.2, 0.25) is 0 Å². The van der Waals surface area contributed by atoms with Crippen molar-refractivity contribution in [2.75, 3.05) is 0 Å². The predicted octanol–water partition coefficient (Wildman–Crippen LogP) is 2.31. The Morgan fingerprint density at radius 2 is 1.88 bits per heavy atom. The molecular formula is C12H23NO3. The number of amides is 1. The second-order valence-corrected chi connectivity index (χ2v) is 5.83. The molecule has 1 saturated carbocycles. The van der Waals surface area contributed by atoms with Crippen molar-refractivity contribution in [1.82, 2.24) is 4.90 Å². The highest BCUT2D eigenvalue weighted by Crippen LogP contribution is 2.31. The molecule has 0 aliphatic heterocycles. The van der Waals surface area contributed by atoms with Gasteiger partial charge in [-0.25, -0.2) is 4.79 Å². The van der Waals surface area contributed by atoms with Crippen molar-refractivity contribution >= 4 is 6.09 Å². The number of hydrogen-bond acceptors (Lipinski definition) is 2. The standard InChI is InChI=1S/C12H23NO3/c1-8-5-6-9(7-10(8)14)13(11(15)16)12(2,3)4/h8-10,14H,5-7H2,1-4H3,(H,15,16)/t8-,9+,10-/m0/s1. The predicted molar refractivity (Wildman–Crippen MR) is 62.4 cm³/mol. The Bertz CT molecular complexity index is 259. The molecule has 1 amide bonds. The summed E-state index contributed by atoms with van der Waals surface area (Å²) in [5.41, 5.74) is -0.406. The number of aliphatic hydroxyl groups excluding tert-OH is 1. The maximum Gasteiger partial charge on any atom is 0.407 e. The van der Waals surface area contributed by atoms with E-state index in [0.717, 1.165) is 12.8 Å². The highest BCUT2D eigenvalue weighted by Gasteiger charge is 2.37. The van der Waals surface area contributed by atoms with Gasteiger partial charge in [-0.3, -0.25) is 0 Å². The summed E-state index contributed by atoms with van der Waals surface area (Å²) >= 11 is 0. The monoisotopic (exact) mass is 229 g/mol. The molecule has 0 aromatic rings. The topological polar surface area (TPSA) is 60.8 Å². The van der Waals surface area contributed by atoms with Gasteiger partial charge >= 0.3 is 6.09 Å². The van der Waals surface area contributed by atoms with E-state index in [2.05, 4.69) is 0 Å². The van der Waals surface area contributed by atoms with Gasteiger partial charge in [0.05, 0.1) is 6.10 Å². The minimum absolute atomic E-state index is 0.0521. The van der Waals surface area contributed by atoms with Crippen LogP contribution in [0.15, 0.2) is 0 Å². The van der Waals surface area contributed by atoms with E-state index in [1.165, 1.54) is 4.90 Å². The molecule has 2 N–H and O–H groups in total. The zero-order valence-corrected chi connectivity index (χ0v) is 10.6. The average Bonchev–Trinajstić information content (AvgIpc) is 2.08. The van der Waals surface area contributed by atoms with Crippen molar-refractivity contribution in [2.45, 2.75) is 64.6 Å². The molecule has 1 aliphatic carbocycles. The molecule has 3 atom stereocenters. The second-order valence-electron chi connectivity index (χ2n) is 5.83. The molecule has 1 fully saturated rings. The first-order valence-electron chi connectivity index (χ1n) is 5.94. The van der Waals surface area contributed by atoms with Crippen LogP contribution in [0.5, 0.6) is 0 Å². The third-order valence-corrected chi connectivity index (χ3v) is 3.42. The van der Waals surface area contributed by atoms with E-state index in [1.807, 2.05) is 27.7 Å². The molecule has 4 nitrogen and oxygen atoms in total. The number of nitrogens with zero attached hydrogens (tertiary/aromatic N) is 1. The fraction of sp³-hybridized carbons (Fsp3) is 0.917. The highest BCUT2D eigenvalue weighted by atomic mass is 16.4. The van der Waals surface area contributed by atoms with E-state index in [9.17, 15) is 15.0 Å². The van der Waals surface area contributed by atoms with Crippen LogP contribution in [0, 0.1) is 5.92 Å². The van der Waals surface area contributed by atoms with Crippen molar-refractivity contribution in [1.29, 1.82) is 0 Å². The molecule has 0 saturated heterocycles. The van der Waals surface area contributed by atoms with Gasteiger partial charge in [0.15, 0.2) is 0 Å². The number of rotatable bonds is 1. The largest absolute Gasteiger partial charge is 0.465 e. The summed E-state index contributed by atoms with van der Waals surface area (Å²) in [6, 6.07) is -0.0521. The third kappa shape index (κ3) is 2.88. The van der Waals surface area contributed by atoms with E-state index >= 15 is 0 Å². The summed E-state index contributed by atoms with van der Waals surface area (Å²) in [4.78, 5) is 12.8. The zero-order chi connectivity index (χ0) is 12.5. The molecule has 0 radical (unpaired) electrons. The summed E-state index contributed by atoms with van der Waals surface area (Å²) < 4.78 is 0. The molecule has 1 aliphatic rings. The summed E-state index contributed by atoms with van der Waals surface area (Å²) in [7, 11) is 0. The summed E-state index contributed by atoms with van der Waals surface area (Å²) in [6.07, 6.45) is 1.04. The van der Waals surface area contributed by atoms with Gasteiger partial charge in [0.2, 0.25) is 0 Å². The van der Waals surface area contributed by atoms with Crippen LogP contribution in [0.3, 0.4) is 0 Å². The van der Waals surface area contributed by atoms with Gasteiger partial charge in [-0.15, -0.1) is 0 Å². The third-order valence-electron chi connectivity index (χ3n) is 3.42. The average molecular weight is 229 g/mol. The van der Waals surface area contributed by atoms with Crippen molar-refractivity contribution in [3.05, 3.63) is 0 Å². The Labute approximate surface area is 97.3 Å². The van der Waals surface area contributed by atoms with Gasteiger partial charge in [-0.2, -0.15) is 0 Å². The molecule has 94 valence electrons. The van der Waals surface area contributed by atoms with E-state index in [1.54, 1.807) is 0 Å². The minimum Gasteiger partial charge on any atom is -0.465 e. The van der Waals surface area contributed by atoms with Crippen molar-refractivity contribution in [3.8, 4) is 0 Å². The summed E-state index contributed by atoms with van der Waals surface area (Å²) in [5, 5.41) is 19.1. The maximum absolute atomic E-state index is 11.3. The van der Waals surface area contributed by atoms with Crippen molar-refractivity contribution in [3.63, 3.8) is 0 Å². The number of hydrogen-bond donors (Lipinski definition) is 2. The van der Waals surface area contributed by atoms with Gasteiger partial charge in [0.25, 0.3) is 0 Å². The Kier molecular flexibility index (Phi) is 3.84. The number of carbonyl (C=O) groups is 1. The van der Waals surface area contributed by atoms with Crippen LogP contribution in [0.1, 0.15) is 47.0 Å². The quantitative estimate of drug-likeness (QED) is 0.725. The van der Waals surface area contributed by atoms with Gasteiger partial charge in [-0.1, -0.05) is 6.92 Å². The molecule has 0 aromatic carbocycles. The van der Waals surface area contributed by atoms with Crippen molar-refractivity contribution < 1.29 is 15.0 Å². The molecule has 0 unspecified atom stereocenters. The zero-order valence-electron chi connectivity index (χ0n) is 10.6. The first-order valence-corrected chi connectivity index (χ1v) is 5.94. The maximum atomic E-state index is 11.3. The van der Waals surface area contributed by atoms with E-state index in [-0.39, 0.29) is 18.1 Å². The van der Waals surface area contributed by atoms with Crippen molar-refractivity contribution in [2.24, 2.45) is 5.92 Å². The molecular weight excluding hydrogens is 206 g/mol. The molecule has 4 heteroatoms. The van der Waals surface area contributed by atoms with E-state index in [0.29, 0.717) is 6.42 Å². The van der Waals surface area contributed by atoms with Crippen LogP contribution in [-0.4, -0.2) is 38.9 Å². The van der Waals surface area contributed by atoms with Crippen LogP contribution in [0.25, 0.3) is 0 Å². The fourth-order valence-electron chi connectivity index (χ4n) is 2.50. The second kappa shape index (κ2) is 4.62. The first kappa shape index (κ1) is 13.3. The highest BCUT2D eigenvalue weighted by molar-refractivity contribution is 5.66. The lowest BCUT2D eigenvalue weighted by atomic mass is 9.83. The van der Waals surface area contributed by atoms with Gasteiger partial charge in [-0.05, 0) is 46.0 Å². The Morgan fingerprint density at radius 3 is 2.25 bits per heavy atom. The Morgan fingerprint density at radius 1 is 1.31 bits per heavy atom. The van der Waals surface area contributed by atoms with Crippen LogP contribution in [-0.2, 0) is 0 Å². The molecule has 0 aromatic heterocycles. The summed E-state index contributed by atoms with van der Waals surface area (Å²) in [5.74, 6) is 0.284. The lowest BCUT2D eigenvalue weighted by Gasteiger charge is -2.43. The number of aliphatic hydroxyl groups is 1. The smallest absolute Gasteiger partial charge is 0.407 e. The lowest BCUT2D eigenvalue weighted by Crippen LogP contribution is -2.53. The number of carboxylic acid groups (broad SMARTS) is 1. The molecule has 0 heterocycles. The minimum atomic E-state index is -0.890. The Hall–Kier alpha value is -0.770. The summed E-state index contributed by atoms with van der Waals surface area (Å²) in [6.45, 7) is 7.70. The fourth-order valence-corrected chi connectivity index (χ4v) is 2.50. The first-order chi connectivity index (χ1) is 7.23. The molecule has 0 spiro atoms. The van der Waals surface area contributed by atoms with Crippen LogP contribution >= 0.6 is 0 Å². The lowest BCUT2D eigenvalue weighted by molar-refractivity contribution is 0.00115. The SMILES string of the molecule is C[C@H]1CC[C@@H](N(C(=O)O)C(C)(C)C)C[C@@H]1O. The molecule has 1 rings (SSSR count). The van der Waals surface area contributed by atoms with Crippen LogP contribution in [0.4, 0.5) is 4.79 Å². The normalized spacial score (nSPS) is 31.2. The van der Waals surface area contributed by atoms with Crippen LogP contribution < -0.4 is 0 Å². The Balaban J connectivity index is 2.78. The van der Waals surface area contributed by atoms with E-state index < -0.39 is 11.6 Å². The van der Waals surface area contributed by atoms with Gasteiger partial charge < -0.3 is 15.1 Å². The molecule has 16 heavy (non-hydrogen) atoms. The molecule has 0 bridgehead atoms. The van der Waals surface area contributed by atoms with E-state index in [4.69, 9.17) is 0 Å². The van der Waals surface area contributed by atoms with Gasteiger partial charge in [0.1, 0.15) is 0 Å². The van der Waals surface area contributed by atoms with Gasteiger partial charge in [0, 0.05) is 11.6 Å².